The molecule has 0 amide bonds. The molecule has 1 aliphatic rings. The number of phenols is 1. The van der Waals surface area contributed by atoms with Crippen LogP contribution >= 0.6 is 0 Å². The minimum Gasteiger partial charge on any atom is -0.507 e. The number of likely N-dealkylation sites (N-methyl/N-ethyl adjacent to an activating group) is 1. The van der Waals surface area contributed by atoms with E-state index in [1.54, 1.807) is 6.07 Å². The molecule has 128 valence electrons. The van der Waals surface area contributed by atoms with Crippen molar-refractivity contribution in [3.05, 3.63) is 48.5 Å². The molecule has 2 N–H and O–H groups in total. The largest absolute Gasteiger partial charge is 0.507 e. The first-order chi connectivity index (χ1) is 12.2. The van der Waals surface area contributed by atoms with E-state index >= 15 is 0 Å². The zero-order valence-electron chi connectivity index (χ0n) is 14.3. The second-order valence-electron chi connectivity index (χ2n) is 6.71. The van der Waals surface area contributed by atoms with Crippen LogP contribution in [0, 0.1) is 0 Å². The number of hydrogen-bond donors (Lipinski definition) is 2. The summed E-state index contributed by atoms with van der Waals surface area (Å²) >= 11 is 0. The molecule has 25 heavy (non-hydrogen) atoms. The number of fused-ring (bicyclic) bond motifs is 1. The van der Waals surface area contributed by atoms with E-state index in [1.807, 2.05) is 36.4 Å². The molecule has 1 atom stereocenters. The fourth-order valence-electron chi connectivity index (χ4n) is 3.56. The van der Waals surface area contributed by atoms with Crippen LogP contribution in [0.2, 0.25) is 0 Å². The first kappa shape index (κ1) is 15.8. The topological polar surface area (TPSA) is 61.3 Å². The van der Waals surface area contributed by atoms with Crippen LogP contribution < -0.4 is 5.32 Å². The van der Waals surface area contributed by atoms with E-state index in [2.05, 4.69) is 33.5 Å². The summed E-state index contributed by atoms with van der Waals surface area (Å²) in [5.41, 5.74) is 1.41. The maximum Gasteiger partial charge on any atom is 0.156 e. The molecule has 1 saturated heterocycles. The van der Waals surface area contributed by atoms with Crippen LogP contribution in [0.25, 0.3) is 22.0 Å². The number of hydrogen-bond acceptors (Lipinski definition) is 5. The number of nitrogens with zero attached hydrogens (tertiary/aromatic N) is 3. The smallest absolute Gasteiger partial charge is 0.156 e. The van der Waals surface area contributed by atoms with Crippen LogP contribution in [0.5, 0.6) is 5.75 Å². The van der Waals surface area contributed by atoms with Crippen LogP contribution in [0.1, 0.15) is 12.8 Å². The maximum absolute atomic E-state index is 10.2. The van der Waals surface area contributed by atoms with Gasteiger partial charge in [0.15, 0.2) is 5.82 Å². The molecule has 0 unspecified atom stereocenters. The van der Waals surface area contributed by atoms with Gasteiger partial charge in [-0.25, -0.2) is 0 Å². The van der Waals surface area contributed by atoms with Crippen molar-refractivity contribution in [2.75, 3.05) is 25.5 Å². The number of aromatic hydroxyl groups is 1. The Kier molecular flexibility index (Phi) is 4.24. The molecule has 0 spiro atoms. The Morgan fingerprint density at radius 2 is 1.80 bits per heavy atom. The van der Waals surface area contributed by atoms with Crippen LogP contribution in [0.15, 0.2) is 48.5 Å². The monoisotopic (exact) mass is 334 g/mol. The Morgan fingerprint density at radius 3 is 2.60 bits per heavy atom. The van der Waals surface area contributed by atoms with Gasteiger partial charge < -0.3 is 15.3 Å². The molecule has 1 fully saturated rings. The van der Waals surface area contributed by atoms with E-state index in [-0.39, 0.29) is 5.75 Å². The predicted molar refractivity (Wildman–Crippen MR) is 101 cm³/mol. The number of rotatable bonds is 3. The second kappa shape index (κ2) is 6.69. The summed E-state index contributed by atoms with van der Waals surface area (Å²) in [6, 6.07) is 15.7. The van der Waals surface area contributed by atoms with Gasteiger partial charge in [-0.1, -0.05) is 36.4 Å². The maximum atomic E-state index is 10.2. The van der Waals surface area contributed by atoms with E-state index in [0.717, 1.165) is 36.1 Å². The first-order valence-electron chi connectivity index (χ1n) is 8.71. The highest BCUT2D eigenvalue weighted by Crippen LogP contribution is 2.34. The second-order valence-corrected chi connectivity index (χ2v) is 6.71. The Morgan fingerprint density at radius 1 is 1.04 bits per heavy atom. The molecule has 0 radical (unpaired) electrons. The number of anilines is 1. The van der Waals surface area contributed by atoms with Crippen LogP contribution in [-0.2, 0) is 0 Å². The van der Waals surface area contributed by atoms with E-state index in [9.17, 15) is 5.11 Å². The van der Waals surface area contributed by atoms with Crippen molar-refractivity contribution >= 4 is 16.6 Å². The normalized spacial score (nSPS) is 18.4. The molecule has 0 saturated carbocycles. The van der Waals surface area contributed by atoms with E-state index in [4.69, 9.17) is 0 Å². The van der Waals surface area contributed by atoms with E-state index in [0.29, 0.717) is 17.3 Å². The molecule has 1 aromatic heterocycles. The summed E-state index contributed by atoms with van der Waals surface area (Å²) in [4.78, 5) is 2.34. The van der Waals surface area contributed by atoms with Crippen molar-refractivity contribution in [2.24, 2.45) is 0 Å². The van der Waals surface area contributed by atoms with Gasteiger partial charge in [0.25, 0.3) is 0 Å². The number of aromatic nitrogens is 2. The van der Waals surface area contributed by atoms with Crippen molar-refractivity contribution < 1.29 is 5.11 Å². The molecule has 5 nitrogen and oxygen atoms in total. The molecule has 5 heteroatoms. The Hall–Kier alpha value is -2.66. The third kappa shape index (κ3) is 3.15. The summed E-state index contributed by atoms with van der Waals surface area (Å²) < 4.78 is 0. The Balaban J connectivity index is 1.76. The van der Waals surface area contributed by atoms with Crippen LogP contribution in [0.4, 0.5) is 5.82 Å². The minimum absolute atomic E-state index is 0.219. The summed E-state index contributed by atoms with van der Waals surface area (Å²) in [5.74, 6) is 1.03. The summed E-state index contributed by atoms with van der Waals surface area (Å²) in [6.45, 7) is 2.16. The van der Waals surface area contributed by atoms with Crippen molar-refractivity contribution in [1.29, 1.82) is 0 Å². The van der Waals surface area contributed by atoms with Crippen LogP contribution in [0.3, 0.4) is 0 Å². The average molecular weight is 334 g/mol. The van der Waals surface area contributed by atoms with Gasteiger partial charge in [-0.15, -0.1) is 10.2 Å². The predicted octanol–water partition coefficient (Wildman–Crippen LogP) is 3.51. The van der Waals surface area contributed by atoms with Crippen LogP contribution in [-0.4, -0.2) is 46.4 Å². The highest BCUT2D eigenvalue weighted by atomic mass is 16.3. The highest BCUT2D eigenvalue weighted by Gasteiger charge is 2.19. The standard InChI is InChI=1S/C20H22N4O/c1-24-12-6-7-14(13-24)21-20-16-9-3-2-8-15(16)19(22-23-20)17-10-4-5-11-18(17)25/h2-5,8-11,14,25H,6-7,12-13H2,1H3,(H,21,23)/t14-/m1/s1. The third-order valence-corrected chi connectivity index (χ3v) is 4.81. The zero-order chi connectivity index (χ0) is 17.2. The van der Waals surface area contributed by atoms with Gasteiger partial charge >= 0.3 is 0 Å². The van der Waals surface area contributed by atoms with Gasteiger partial charge in [-0.05, 0) is 38.6 Å². The lowest BCUT2D eigenvalue weighted by Crippen LogP contribution is -2.40. The third-order valence-electron chi connectivity index (χ3n) is 4.81. The molecule has 0 aliphatic carbocycles. The number of phenolic OH excluding ortho intramolecular Hbond substituents is 1. The quantitative estimate of drug-likeness (QED) is 0.767. The molecule has 2 aromatic carbocycles. The lowest BCUT2D eigenvalue weighted by atomic mass is 10.0. The zero-order valence-corrected chi connectivity index (χ0v) is 14.3. The fourth-order valence-corrected chi connectivity index (χ4v) is 3.56. The molecule has 4 rings (SSSR count). The molecule has 3 aromatic rings. The van der Waals surface area contributed by atoms with Gasteiger partial charge in [0, 0.05) is 28.9 Å². The fraction of sp³-hybridized carbons (Fsp3) is 0.300. The van der Waals surface area contributed by atoms with Crippen molar-refractivity contribution in [3.63, 3.8) is 0 Å². The van der Waals surface area contributed by atoms with Gasteiger partial charge in [-0.2, -0.15) is 0 Å². The summed E-state index contributed by atoms with van der Waals surface area (Å²) in [5, 5.41) is 24.7. The first-order valence-corrected chi connectivity index (χ1v) is 8.71. The average Bonchev–Trinajstić information content (AvgIpc) is 2.63. The number of nitrogens with one attached hydrogen (secondary N) is 1. The molecule has 0 bridgehead atoms. The lowest BCUT2D eigenvalue weighted by Gasteiger charge is -2.30. The minimum atomic E-state index is 0.219. The highest BCUT2D eigenvalue weighted by molar-refractivity contribution is 6.00. The molecule has 1 aliphatic heterocycles. The molecule has 2 heterocycles. The van der Waals surface area contributed by atoms with Gasteiger partial charge in [0.2, 0.25) is 0 Å². The summed E-state index contributed by atoms with van der Waals surface area (Å²) in [6.07, 6.45) is 2.33. The Bertz CT molecular complexity index is 896. The number of benzene rings is 2. The van der Waals surface area contributed by atoms with Crippen molar-refractivity contribution in [3.8, 4) is 17.0 Å². The SMILES string of the molecule is CN1CCC[C@@H](Nc2nnc(-c3ccccc3O)c3ccccc23)C1. The van der Waals surface area contributed by atoms with Crippen molar-refractivity contribution in [1.82, 2.24) is 15.1 Å². The van der Waals surface area contributed by atoms with Crippen molar-refractivity contribution in [2.45, 2.75) is 18.9 Å². The van der Waals surface area contributed by atoms with Gasteiger partial charge in [0.1, 0.15) is 11.4 Å². The van der Waals surface area contributed by atoms with E-state index < -0.39 is 0 Å². The van der Waals surface area contributed by atoms with E-state index in [1.165, 1.54) is 6.42 Å². The summed E-state index contributed by atoms with van der Waals surface area (Å²) in [7, 11) is 2.15. The van der Waals surface area contributed by atoms with Gasteiger partial charge in [-0.3, -0.25) is 0 Å². The lowest BCUT2D eigenvalue weighted by molar-refractivity contribution is 0.261. The Labute approximate surface area is 147 Å². The molecular weight excluding hydrogens is 312 g/mol. The number of piperidine rings is 1. The van der Waals surface area contributed by atoms with Gasteiger partial charge in [0.05, 0.1) is 0 Å². The number of likely N-dealkylation sites (tertiary alicyclic amines) is 1. The molecular formula is C20H22N4O. The number of para-hydroxylation sites is 1.